The maximum atomic E-state index is 6.41. The number of fused-ring (bicyclic) bond motifs is 1. The number of hydrogen-bond acceptors (Lipinski definition) is 4. The van der Waals surface area contributed by atoms with Crippen LogP contribution in [0.1, 0.15) is 80.9 Å². The Morgan fingerprint density at radius 3 is 2.67 bits per heavy atom. The summed E-state index contributed by atoms with van der Waals surface area (Å²) in [6.07, 6.45) is 8.17. The first-order valence-electron chi connectivity index (χ1n) is 8.35. The van der Waals surface area contributed by atoms with E-state index >= 15 is 0 Å². The number of ether oxygens (including phenoxy) is 1. The molecule has 1 aromatic heterocycles. The summed E-state index contributed by atoms with van der Waals surface area (Å²) in [4.78, 5) is 6.34. The zero-order valence-electron chi connectivity index (χ0n) is 13.6. The molecule has 1 aromatic rings. The molecule has 3 rings (SSSR count). The first kappa shape index (κ1) is 15.4. The Labute approximate surface area is 132 Å². The highest BCUT2D eigenvalue weighted by Crippen LogP contribution is 2.47. The lowest BCUT2D eigenvalue weighted by atomic mass is 9.76. The Morgan fingerprint density at radius 2 is 2.00 bits per heavy atom. The van der Waals surface area contributed by atoms with Crippen molar-refractivity contribution in [1.29, 1.82) is 0 Å². The highest BCUT2D eigenvalue weighted by Gasteiger charge is 2.41. The molecule has 0 saturated heterocycles. The molecular formula is C17H28N2OS. The molecule has 0 aromatic carbocycles. The molecule has 2 aliphatic carbocycles. The molecule has 1 saturated carbocycles. The van der Waals surface area contributed by atoms with Gasteiger partial charge >= 0.3 is 0 Å². The van der Waals surface area contributed by atoms with Crippen molar-refractivity contribution in [1.82, 2.24) is 4.98 Å². The van der Waals surface area contributed by atoms with E-state index in [1.165, 1.54) is 34.8 Å². The number of hydrogen-bond donors (Lipinski definition) is 1. The lowest BCUT2D eigenvalue weighted by Gasteiger charge is -2.35. The predicted molar refractivity (Wildman–Crippen MR) is 87.5 cm³/mol. The maximum Gasteiger partial charge on any atom is 0.125 e. The van der Waals surface area contributed by atoms with Crippen LogP contribution in [-0.2, 0) is 16.8 Å². The highest BCUT2D eigenvalue weighted by atomic mass is 32.1. The minimum Gasteiger partial charge on any atom is -0.368 e. The molecule has 0 amide bonds. The van der Waals surface area contributed by atoms with Crippen molar-refractivity contribution in [2.75, 3.05) is 6.61 Å². The van der Waals surface area contributed by atoms with E-state index in [0.29, 0.717) is 0 Å². The SMILES string of the molecule is CCOC1(c2nc3c(s2)C(N)CC(C)(C)C3)CCCCC1. The summed E-state index contributed by atoms with van der Waals surface area (Å²) in [5, 5.41) is 1.20. The van der Waals surface area contributed by atoms with Gasteiger partial charge in [-0.05, 0) is 38.0 Å². The van der Waals surface area contributed by atoms with Crippen LogP contribution in [0.25, 0.3) is 0 Å². The van der Waals surface area contributed by atoms with Gasteiger partial charge in [-0.3, -0.25) is 0 Å². The van der Waals surface area contributed by atoms with E-state index in [4.69, 9.17) is 15.5 Å². The Kier molecular flexibility index (Phi) is 4.15. The lowest BCUT2D eigenvalue weighted by Crippen LogP contribution is -2.32. The minimum atomic E-state index is -0.126. The molecule has 118 valence electrons. The first-order chi connectivity index (χ1) is 9.96. The monoisotopic (exact) mass is 308 g/mol. The molecule has 0 aliphatic heterocycles. The first-order valence-corrected chi connectivity index (χ1v) is 9.17. The number of aromatic nitrogens is 1. The number of rotatable bonds is 3. The van der Waals surface area contributed by atoms with Crippen molar-refractivity contribution in [3.63, 3.8) is 0 Å². The predicted octanol–water partition coefficient (Wildman–Crippen LogP) is 4.31. The van der Waals surface area contributed by atoms with Crippen molar-refractivity contribution < 1.29 is 4.74 Å². The second-order valence-corrected chi connectivity index (χ2v) is 8.50. The van der Waals surface area contributed by atoms with E-state index in [1.807, 2.05) is 11.3 Å². The van der Waals surface area contributed by atoms with Gasteiger partial charge in [0.25, 0.3) is 0 Å². The third kappa shape index (κ3) is 2.90. The van der Waals surface area contributed by atoms with E-state index < -0.39 is 0 Å². The summed E-state index contributed by atoms with van der Waals surface area (Å²) in [5.74, 6) is 0. The van der Waals surface area contributed by atoms with Crippen molar-refractivity contribution in [2.24, 2.45) is 11.1 Å². The third-order valence-electron chi connectivity index (χ3n) is 4.95. The fourth-order valence-corrected chi connectivity index (χ4v) is 5.29. The van der Waals surface area contributed by atoms with Gasteiger partial charge in [-0.1, -0.05) is 33.1 Å². The van der Waals surface area contributed by atoms with Gasteiger partial charge in [0.2, 0.25) is 0 Å². The molecule has 0 radical (unpaired) electrons. The maximum absolute atomic E-state index is 6.41. The van der Waals surface area contributed by atoms with Gasteiger partial charge in [0.1, 0.15) is 10.6 Å². The van der Waals surface area contributed by atoms with E-state index in [-0.39, 0.29) is 17.1 Å². The quantitative estimate of drug-likeness (QED) is 0.905. The molecule has 1 unspecified atom stereocenters. The zero-order valence-corrected chi connectivity index (χ0v) is 14.4. The van der Waals surface area contributed by atoms with E-state index in [1.54, 1.807) is 0 Å². The van der Waals surface area contributed by atoms with Gasteiger partial charge in [0, 0.05) is 17.5 Å². The van der Waals surface area contributed by atoms with Gasteiger partial charge in [-0.2, -0.15) is 0 Å². The Balaban J connectivity index is 1.96. The Bertz CT molecular complexity index is 497. The van der Waals surface area contributed by atoms with Gasteiger partial charge in [0.15, 0.2) is 0 Å². The van der Waals surface area contributed by atoms with Crippen molar-refractivity contribution in [3.8, 4) is 0 Å². The largest absolute Gasteiger partial charge is 0.368 e. The van der Waals surface area contributed by atoms with Crippen molar-refractivity contribution in [2.45, 2.75) is 77.4 Å². The van der Waals surface area contributed by atoms with E-state index in [0.717, 1.165) is 32.3 Å². The summed E-state index contributed by atoms with van der Waals surface area (Å²) >= 11 is 1.83. The van der Waals surface area contributed by atoms with Crippen LogP contribution in [0.5, 0.6) is 0 Å². The molecule has 1 fully saturated rings. The summed E-state index contributed by atoms with van der Waals surface area (Å²) in [6, 6.07) is 0.150. The normalized spacial score (nSPS) is 27.3. The number of nitrogens with zero attached hydrogens (tertiary/aromatic N) is 1. The van der Waals surface area contributed by atoms with Crippen LogP contribution in [0.3, 0.4) is 0 Å². The fourth-order valence-electron chi connectivity index (χ4n) is 4.01. The lowest BCUT2D eigenvalue weighted by molar-refractivity contribution is -0.0705. The Hall–Kier alpha value is -0.450. The van der Waals surface area contributed by atoms with Crippen LogP contribution in [0.2, 0.25) is 0 Å². The highest BCUT2D eigenvalue weighted by molar-refractivity contribution is 7.12. The minimum absolute atomic E-state index is 0.126. The summed E-state index contributed by atoms with van der Waals surface area (Å²) in [7, 11) is 0. The second kappa shape index (κ2) is 5.64. The average molecular weight is 308 g/mol. The average Bonchev–Trinajstić information content (AvgIpc) is 2.83. The van der Waals surface area contributed by atoms with Gasteiger partial charge in [0.05, 0.1) is 5.69 Å². The summed E-state index contributed by atoms with van der Waals surface area (Å²) in [5.41, 5.74) is 7.79. The molecule has 21 heavy (non-hydrogen) atoms. The standard InChI is InChI=1S/C17H28N2OS/c1-4-20-17(8-6-5-7-9-17)15-19-13-11-16(2,3)10-12(18)14(13)21-15/h12H,4-11,18H2,1-3H3. The number of thiazole rings is 1. The molecule has 1 atom stereocenters. The molecule has 2 N–H and O–H groups in total. The van der Waals surface area contributed by atoms with Crippen LogP contribution in [0.4, 0.5) is 0 Å². The second-order valence-electron chi connectivity index (χ2n) is 7.47. The molecule has 3 nitrogen and oxygen atoms in total. The van der Waals surface area contributed by atoms with E-state index in [9.17, 15) is 0 Å². The van der Waals surface area contributed by atoms with E-state index in [2.05, 4.69) is 20.8 Å². The van der Waals surface area contributed by atoms with Crippen molar-refractivity contribution >= 4 is 11.3 Å². The van der Waals surface area contributed by atoms with Crippen LogP contribution in [0, 0.1) is 5.41 Å². The zero-order chi connectivity index (χ0) is 15.1. The molecule has 0 bridgehead atoms. The summed E-state index contributed by atoms with van der Waals surface area (Å²) in [6.45, 7) is 7.46. The topological polar surface area (TPSA) is 48.1 Å². The molecule has 2 aliphatic rings. The van der Waals surface area contributed by atoms with Crippen LogP contribution >= 0.6 is 11.3 Å². The van der Waals surface area contributed by atoms with Crippen molar-refractivity contribution in [3.05, 3.63) is 15.6 Å². The summed E-state index contributed by atoms with van der Waals surface area (Å²) < 4.78 is 6.23. The molecular weight excluding hydrogens is 280 g/mol. The Morgan fingerprint density at radius 1 is 1.29 bits per heavy atom. The molecule has 4 heteroatoms. The van der Waals surface area contributed by atoms with Crippen LogP contribution in [-0.4, -0.2) is 11.6 Å². The fraction of sp³-hybridized carbons (Fsp3) is 0.824. The third-order valence-corrected chi connectivity index (χ3v) is 6.37. The molecule has 0 spiro atoms. The van der Waals surface area contributed by atoms with Crippen LogP contribution < -0.4 is 5.73 Å². The van der Waals surface area contributed by atoms with Gasteiger partial charge in [-0.15, -0.1) is 11.3 Å². The van der Waals surface area contributed by atoms with Gasteiger partial charge < -0.3 is 10.5 Å². The van der Waals surface area contributed by atoms with Crippen LogP contribution in [0.15, 0.2) is 0 Å². The van der Waals surface area contributed by atoms with Gasteiger partial charge in [-0.25, -0.2) is 4.98 Å². The molecule has 1 heterocycles. The number of nitrogens with two attached hydrogens (primary N) is 1. The smallest absolute Gasteiger partial charge is 0.125 e.